The van der Waals surface area contributed by atoms with Crippen LogP contribution < -0.4 is 5.73 Å². The fraction of sp³-hybridized carbons (Fsp3) is 0.500. The number of nitrogens with two attached hydrogens (primary N) is 1. The third kappa shape index (κ3) is 4.10. The molecule has 1 heterocycles. The SMILES string of the molecule is CC(N)CS(=O)Cc1ncccn1. The molecule has 5 heteroatoms. The number of rotatable bonds is 4. The average Bonchev–Trinajstić information content (AvgIpc) is 2.04. The van der Waals surface area contributed by atoms with E-state index in [1.54, 1.807) is 18.5 Å². The lowest BCUT2D eigenvalue weighted by Gasteiger charge is -2.03. The Hall–Kier alpha value is -0.810. The molecule has 0 spiro atoms. The maximum atomic E-state index is 11.4. The first kappa shape index (κ1) is 10.3. The monoisotopic (exact) mass is 199 g/mol. The maximum absolute atomic E-state index is 11.4. The van der Waals surface area contributed by atoms with E-state index in [0.29, 0.717) is 17.3 Å². The first-order chi connectivity index (χ1) is 6.18. The van der Waals surface area contributed by atoms with Gasteiger partial charge in [-0.15, -0.1) is 0 Å². The molecular weight excluding hydrogens is 186 g/mol. The molecule has 0 amide bonds. The van der Waals surface area contributed by atoms with Crippen molar-refractivity contribution in [2.75, 3.05) is 5.75 Å². The van der Waals surface area contributed by atoms with Crippen LogP contribution in [-0.2, 0) is 16.6 Å². The largest absolute Gasteiger partial charge is 0.327 e. The van der Waals surface area contributed by atoms with Crippen LogP contribution in [-0.4, -0.2) is 26.0 Å². The molecule has 0 aromatic carbocycles. The van der Waals surface area contributed by atoms with E-state index >= 15 is 0 Å². The number of hydrogen-bond donors (Lipinski definition) is 1. The average molecular weight is 199 g/mol. The first-order valence-corrected chi connectivity index (χ1v) is 5.53. The first-order valence-electron chi connectivity index (χ1n) is 4.05. The molecule has 1 aromatic rings. The molecule has 1 aromatic heterocycles. The lowest BCUT2D eigenvalue weighted by atomic mass is 10.4. The van der Waals surface area contributed by atoms with Crippen molar-refractivity contribution in [2.24, 2.45) is 5.73 Å². The van der Waals surface area contributed by atoms with Crippen LogP contribution in [0.2, 0.25) is 0 Å². The molecule has 1 rings (SSSR count). The van der Waals surface area contributed by atoms with Crippen molar-refractivity contribution in [1.82, 2.24) is 9.97 Å². The lowest BCUT2D eigenvalue weighted by Crippen LogP contribution is -2.23. The van der Waals surface area contributed by atoms with E-state index in [-0.39, 0.29) is 6.04 Å². The van der Waals surface area contributed by atoms with Gasteiger partial charge in [-0.05, 0) is 13.0 Å². The quantitative estimate of drug-likeness (QED) is 0.745. The summed E-state index contributed by atoms with van der Waals surface area (Å²) < 4.78 is 11.4. The van der Waals surface area contributed by atoms with Gasteiger partial charge in [0.2, 0.25) is 0 Å². The summed E-state index contributed by atoms with van der Waals surface area (Å²) in [6.07, 6.45) is 3.29. The van der Waals surface area contributed by atoms with Gasteiger partial charge < -0.3 is 5.73 Å². The van der Waals surface area contributed by atoms with Crippen molar-refractivity contribution in [3.8, 4) is 0 Å². The van der Waals surface area contributed by atoms with Gasteiger partial charge in [-0.2, -0.15) is 0 Å². The Balaban J connectivity index is 2.46. The van der Waals surface area contributed by atoms with E-state index in [9.17, 15) is 4.21 Å². The minimum Gasteiger partial charge on any atom is -0.327 e. The fourth-order valence-electron chi connectivity index (χ4n) is 0.901. The molecule has 2 atom stereocenters. The van der Waals surface area contributed by atoms with Gasteiger partial charge in [-0.25, -0.2) is 9.97 Å². The van der Waals surface area contributed by atoms with Crippen molar-refractivity contribution < 1.29 is 4.21 Å². The smallest absolute Gasteiger partial charge is 0.140 e. The molecule has 2 N–H and O–H groups in total. The highest BCUT2D eigenvalue weighted by Gasteiger charge is 2.05. The summed E-state index contributed by atoms with van der Waals surface area (Å²) in [5.41, 5.74) is 5.51. The maximum Gasteiger partial charge on any atom is 0.140 e. The zero-order chi connectivity index (χ0) is 9.68. The molecule has 0 aliphatic rings. The predicted octanol–water partition coefficient (Wildman–Crippen LogP) is 0.0725. The second-order valence-corrected chi connectivity index (χ2v) is 4.39. The van der Waals surface area contributed by atoms with E-state index in [2.05, 4.69) is 9.97 Å². The van der Waals surface area contributed by atoms with Gasteiger partial charge in [-0.1, -0.05) is 0 Å². The molecule has 0 radical (unpaired) electrons. The zero-order valence-corrected chi connectivity index (χ0v) is 8.33. The summed E-state index contributed by atoms with van der Waals surface area (Å²) in [5.74, 6) is 1.50. The summed E-state index contributed by atoms with van der Waals surface area (Å²) in [4.78, 5) is 7.96. The van der Waals surface area contributed by atoms with Crippen LogP contribution in [0.3, 0.4) is 0 Å². The zero-order valence-electron chi connectivity index (χ0n) is 7.51. The van der Waals surface area contributed by atoms with Gasteiger partial charge in [0.1, 0.15) is 5.82 Å². The highest BCUT2D eigenvalue weighted by Crippen LogP contribution is 1.96. The summed E-state index contributed by atoms with van der Waals surface area (Å²) in [5, 5.41) is 0. The van der Waals surface area contributed by atoms with E-state index in [4.69, 9.17) is 5.73 Å². The normalized spacial score (nSPS) is 15.2. The Morgan fingerprint density at radius 2 is 2.15 bits per heavy atom. The molecule has 0 bridgehead atoms. The van der Waals surface area contributed by atoms with E-state index in [1.807, 2.05) is 6.92 Å². The summed E-state index contributed by atoms with van der Waals surface area (Å²) >= 11 is 0. The van der Waals surface area contributed by atoms with Crippen molar-refractivity contribution in [2.45, 2.75) is 18.7 Å². The fourth-order valence-corrected chi connectivity index (χ4v) is 2.04. The van der Waals surface area contributed by atoms with E-state index < -0.39 is 10.8 Å². The topological polar surface area (TPSA) is 68.9 Å². The van der Waals surface area contributed by atoms with E-state index in [0.717, 1.165) is 0 Å². The van der Waals surface area contributed by atoms with Gasteiger partial charge in [0.05, 0.1) is 5.75 Å². The number of nitrogens with zero attached hydrogens (tertiary/aromatic N) is 2. The Morgan fingerprint density at radius 1 is 1.54 bits per heavy atom. The van der Waals surface area contributed by atoms with E-state index in [1.165, 1.54) is 0 Å². The molecule has 4 nitrogen and oxygen atoms in total. The standard InChI is InChI=1S/C8H13N3OS/c1-7(9)5-13(12)6-8-10-3-2-4-11-8/h2-4,7H,5-6,9H2,1H3. The summed E-state index contributed by atoms with van der Waals surface area (Å²) in [7, 11) is -0.951. The summed E-state index contributed by atoms with van der Waals surface area (Å²) in [6, 6.07) is 1.70. The van der Waals surface area contributed by atoms with Crippen molar-refractivity contribution in [3.63, 3.8) is 0 Å². The van der Waals surface area contributed by atoms with Gasteiger partial charge in [0, 0.05) is 35.0 Å². The minimum atomic E-state index is -0.951. The van der Waals surface area contributed by atoms with Crippen LogP contribution >= 0.6 is 0 Å². The molecule has 72 valence electrons. The van der Waals surface area contributed by atoms with Crippen LogP contribution in [0.25, 0.3) is 0 Å². The Labute approximate surface area is 80.0 Å². The Morgan fingerprint density at radius 3 is 2.69 bits per heavy atom. The second-order valence-electron chi connectivity index (χ2n) is 2.89. The molecule has 0 fully saturated rings. The van der Waals surface area contributed by atoms with Crippen LogP contribution in [0.15, 0.2) is 18.5 Å². The summed E-state index contributed by atoms with van der Waals surface area (Å²) in [6.45, 7) is 1.84. The number of aromatic nitrogens is 2. The highest BCUT2D eigenvalue weighted by molar-refractivity contribution is 7.84. The van der Waals surface area contributed by atoms with Gasteiger partial charge in [0.15, 0.2) is 0 Å². The molecule has 0 aliphatic carbocycles. The molecule has 2 unspecified atom stereocenters. The molecule has 0 saturated heterocycles. The van der Waals surface area contributed by atoms with Crippen LogP contribution in [0.4, 0.5) is 0 Å². The molecular formula is C8H13N3OS. The Bertz CT molecular complexity index is 276. The van der Waals surface area contributed by atoms with Crippen LogP contribution in [0.1, 0.15) is 12.7 Å². The molecule has 0 saturated carbocycles. The molecule has 13 heavy (non-hydrogen) atoms. The molecule has 0 aliphatic heterocycles. The van der Waals surface area contributed by atoms with Crippen molar-refractivity contribution >= 4 is 10.8 Å². The predicted molar refractivity (Wildman–Crippen MR) is 52.4 cm³/mol. The third-order valence-electron chi connectivity index (χ3n) is 1.36. The minimum absolute atomic E-state index is 0.0375. The van der Waals surface area contributed by atoms with Gasteiger partial charge in [-0.3, -0.25) is 4.21 Å². The van der Waals surface area contributed by atoms with Crippen LogP contribution in [0, 0.1) is 0 Å². The Kier molecular flexibility index (Phi) is 3.98. The lowest BCUT2D eigenvalue weighted by molar-refractivity contribution is 0.674. The van der Waals surface area contributed by atoms with Crippen molar-refractivity contribution in [3.05, 3.63) is 24.3 Å². The van der Waals surface area contributed by atoms with Crippen molar-refractivity contribution in [1.29, 1.82) is 0 Å². The third-order valence-corrected chi connectivity index (χ3v) is 2.84. The van der Waals surface area contributed by atoms with Gasteiger partial charge in [0.25, 0.3) is 0 Å². The second kappa shape index (κ2) is 5.04. The highest BCUT2D eigenvalue weighted by atomic mass is 32.2. The van der Waals surface area contributed by atoms with Gasteiger partial charge >= 0.3 is 0 Å². The van der Waals surface area contributed by atoms with Crippen LogP contribution in [0.5, 0.6) is 0 Å². The number of hydrogen-bond acceptors (Lipinski definition) is 4.